The van der Waals surface area contributed by atoms with Gasteiger partial charge in [0, 0.05) is 0 Å². The highest BCUT2D eigenvalue weighted by molar-refractivity contribution is 4.49. The van der Waals surface area contributed by atoms with Crippen molar-refractivity contribution in [1.82, 2.24) is 0 Å². The molecule has 0 atom stereocenters. The molecule has 1 nitrogen and oxygen atoms in total. The first kappa shape index (κ1) is 24.7. The van der Waals surface area contributed by atoms with E-state index in [0.29, 0.717) is 0 Å². The number of hydrogen-bond donors (Lipinski definition) is 0. The fraction of sp³-hybridized carbons (Fsp3) is 1.00. The fourth-order valence-electron chi connectivity index (χ4n) is 3.27. The second-order valence-electron chi connectivity index (χ2n) is 7.63. The van der Waals surface area contributed by atoms with Crippen LogP contribution in [0.3, 0.4) is 0 Å². The zero-order valence-electron chi connectivity index (χ0n) is 16.1. The van der Waals surface area contributed by atoms with E-state index >= 15 is 0 Å². The van der Waals surface area contributed by atoms with Gasteiger partial charge in [-0.3, -0.25) is 0 Å². The normalized spacial score (nSPS) is 11.5. The molecule has 0 aliphatic rings. The lowest BCUT2D eigenvalue weighted by Crippen LogP contribution is -3.00. The van der Waals surface area contributed by atoms with Gasteiger partial charge in [-0.2, -0.15) is 0 Å². The van der Waals surface area contributed by atoms with Crippen molar-refractivity contribution >= 4 is 0 Å². The molecule has 0 aromatic rings. The number of halogens is 1. The predicted octanol–water partition coefficient (Wildman–Crippen LogP) is 3.57. The topological polar surface area (TPSA) is 0 Å². The van der Waals surface area contributed by atoms with Crippen LogP contribution in [-0.4, -0.2) is 31.7 Å². The lowest BCUT2D eigenvalue weighted by atomic mass is 10.0. The summed E-state index contributed by atoms with van der Waals surface area (Å²) in [6.45, 7) is 7.29. The zero-order chi connectivity index (χ0) is 15.8. The van der Waals surface area contributed by atoms with Crippen molar-refractivity contribution in [1.29, 1.82) is 0 Å². The third-order valence-electron chi connectivity index (χ3n) is 4.70. The second kappa shape index (κ2) is 17.8. The van der Waals surface area contributed by atoms with Crippen molar-refractivity contribution < 1.29 is 21.5 Å². The maximum atomic E-state index is 2.38. The fourth-order valence-corrected chi connectivity index (χ4v) is 3.27. The van der Waals surface area contributed by atoms with Crippen LogP contribution in [0.2, 0.25) is 0 Å². The summed E-state index contributed by atoms with van der Waals surface area (Å²) in [5.41, 5.74) is 0. The van der Waals surface area contributed by atoms with E-state index < -0.39 is 0 Å². The minimum atomic E-state index is 0. The molecule has 2 heteroatoms. The van der Waals surface area contributed by atoms with E-state index in [-0.39, 0.29) is 17.0 Å². The van der Waals surface area contributed by atoms with E-state index in [9.17, 15) is 0 Å². The first-order valence-corrected chi connectivity index (χ1v) is 9.94. The molecule has 0 spiro atoms. The molecule has 0 aliphatic carbocycles. The quantitative estimate of drug-likeness (QED) is 0.285. The Hall–Kier alpha value is 0.440. The lowest BCUT2D eigenvalue weighted by molar-refractivity contribution is -0.890. The van der Waals surface area contributed by atoms with Gasteiger partial charge >= 0.3 is 0 Å². The number of hydrogen-bond acceptors (Lipinski definition) is 0. The average Bonchev–Trinajstić information content (AvgIpc) is 2.44. The molecule has 0 bridgehead atoms. The van der Waals surface area contributed by atoms with Gasteiger partial charge in [0.05, 0.1) is 27.2 Å². The molecule has 0 saturated carbocycles. The summed E-state index contributed by atoms with van der Waals surface area (Å²) >= 11 is 0. The third-order valence-corrected chi connectivity index (χ3v) is 4.70. The Kier molecular flexibility index (Phi) is 20.0. The minimum Gasteiger partial charge on any atom is -1.00 e. The molecule has 0 radical (unpaired) electrons. The minimum absolute atomic E-state index is 0. The SMILES string of the molecule is CCCCCCCCCCCCCCC[N+](C)(C)CCC.[Br-]. The van der Waals surface area contributed by atoms with Crippen LogP contribution in [-0.2, 0) is 0 Å². The molecule has 0 rings (SSSR count). The van der Waals surface area contributed by atoms with Crippen molar-refractivity contribution in [2.24, 2.45) is 0 Å². The number of rotatable bonds is 16. The van der Waals surface area contributed by atoms with Gasteiger partial charge in [-0.15, -0.1) is 0 Å². The number of unbranched alkanes of at least 4 members (excludes halogenated alkanes) is 12. The molecule has 0 aromatic carbocycles. The van der Waals surface area contributed by atoms with Crippen molar-refractivity contribution in [3.63, 3.8) is 0 Å². The summed E-state index contributed by atoms with van der Waals surface area (Å²) in [5.74, 6) is 0. The van der Waals surface area contributed by atoms with Crippen LogP contribution in [0.15, 0.2) is 0 Å². The van der Waals surface area contributed by atoms with Crippen molar-refractivity contribution in [3.8, 4) is 0 Å². The van der Waals surface area contributed by atoms with E-state index in [4.69, 9.17) is 0 Å². The molecular weight excluding hydrogens is 334 g/mol. The second-order valence-corrected chi connectivity index (χ2v) is 7.63. The van der Waals surface area contributed by atoms with Crippen LogP contribution in [0, 0.1) is 0 Å². The Labute approximate surface area is 152 Å². The highest BCUT2D eigenvalue weighted by Gasteiger charge is 2.11. The van der Waals surface area contributed by atoms with Gasteiger partial charge in [0.15, 0.2) is 0 Å². The zero-order valence-corrected chi connectivity index (χ0v) is 17.7. The van der Waals surface area contributed by atoms with Crippen LogP contribution in [0.4, 0.5) is 0 Å². The van der Waals surface area contributed by atoms with Crippen LogP contribution >= 0.6 is 0 Å². The van der Waals surface area contributed by atoms with E-state index in [0.717, 1.165) is 0 Å². The van der Waals surface area contributed by atoms with E-state index in [1.54, 1.807) is 0 Å². The summed E-state index contributed by atoms with van der Waals surface area (Å²) in [5, 5.41) is 0. The van der Waals surface area contributed by atoms with Gasteiger partial charge in [0.1, 0.15) is 0 Å². The summed E-state index contributed by atoms with van der Waals surface area (Å²) in [7, 11) is 4.76. The summed E-state index contributed by atoms with van der Waals surface area (Å²) in [6, 6.07) is 0. The van der Waals surface area contributed by atoms with E-state index in [2.05, 4.69) is 27.9 Å². The maximum absolute atomic E-state index is 2.38. The Balaban J connectivity index is 0. The van der Waals surface area contributed by atoms with Gasteiger partial charge in [-0.05, 0) is 19.3 Å². The Bertz CT molecular complexity index is 204. The van der Waals surface area contributed by atoms with E-state index in [1.807, 2.05) is 0 Å². The first-order valence-electron chi connectivity index (χ1n) is 9.94. The molecule has 0 N–H and O–H groups in total. The summed E-state index contributed by atoms with van der Waals surface area (Å²) in [4.78, 5) is 0. The van der Waals surface area contributed by atoms with Gasteiger partial charge in [-0.25, -0.2) is 0 Å². The van der Waals surface area contributed by atoms with Crippen molar-refractivity contribution in [2.45, 2.75) is 104 Å². The molecule has 0 aliphatic heterocycles. The van der Waals surface area contributed by atoms with Gasteiger partial charge < -0.3 is 21.5 Å². The lowest BCUT2D eigenvalue weighted by Gasteiger charge is -2.29. The van der Waals surface area contributed by atoms with Crippen LogP contribution in [0.5, 0.6) is 0 Å². The summed E-state index contributed by atoms with van der Waals surface area (Å²) < 4.78 is 1.22. The monoisotopic (exact) mass is 377 g/mol. The van der Waals surface area contributed by atoms with Crippen LogP contribution < -0.4 is 17.0 Å². The highest BCUT2D eigenvalue weighted by Crippen LogP contribution is 2.13. The Morgan fingerprint density at radius 2 is 0.818 bits per heavy atom. The molecule has 0 amide bonds. The van der Waals surface area contributed by atoms with Gasteiger partial charge in [0.25, 0.3) is 0 Å². The number of nitrogens with zero attached hydrogens (tertiary/aromatic N) is 1. The number of quaternary nitrogens is 1. The predicted molar refractivity (Wildman–Crippen MR) is 97.8 cm³/mol. The van der Waals surface area contributed by atoms with Crippen molar-refractivity contribution in [2.75, 3.05) is 27.2 Å². The molecule has 0 unspecified atom stereocenters. The molecular formula is C20H44BrN. The Morgan fingerprint density at radius 1 is 0.455 bits per heavy atom. The average molecular weight is 378 g/mol. The highest BCUT2D eigenvalue weighted by atomic mass is 79.9. The smallest absolute Gasteiger partial charge is 0.0782 e. The summed E-state index contributed by atoms with van der Waals surface area (Å²) in [6.07, 6.45) is 20.2. The first-order chi connectivity index (χ1) is 10.1. The Morgan fingerprint density at radius 3 is 1.18 bits per heavy atom. The molecule has 22 heavy (non-hydrogen) atoms. The van der Waals surface area contributed by atoms with Gasteiger partial charge in [-0.1, -0.05) is 84.5 Å². The third kappa shape index (κ3) is 18.5. The standard InChI is InChI=1S/C20H44N.BrH/c1-5-7-8-9-10-11-12-13-14-15-16-17-18-20-21(3,4)19-6-2;/h5-20H2,1-4H3;1H/q+1;/p-1. The largest absolute Gasteiger partial charge is 1.00 e. The molecule has 0 heterocycles. The van der Waals surface area contributed by atoms with Crippen LogP contribution in [0.25, 0.3) is 0 Å². The molecule has 136 valence electrons. The maximum Gasteiger partial charge on any atom is 0.0782 e. The van der Waals surface area contributed by atoms with Crippen LogP contribution in [0.1, 0.15) is 104 Å². The molecule has 0 fully saturated rings. The van der Waals surface area contributed by atoms with Crippen molar-refractivity contribution in [3.05, 3.63) is 0 Å². The molecule has 0 aromatic heterocycles. The van der Waals surface area contributed by atoms with Gasteiger partial charge in [0.2, 0.25) is 0 Å². The molecule has 0 saturated heterocycles. The van der Waals surface area contributed by atoms with E-state index in [1.165, 1.54) is 107 Å².